The van der Waals surface area contributed by atoms with Crippen molar-refractivity contribution in [1.29, 1.82) is 0 Å². The summed E-state index contributed by atoms with van der Waals surface area (Å²) in [6.45, 7) is 10.9. The Labute approximate surface area is 144 Å². The number of nitrogens with zero attached hydrogens (tertiary/aromatic N) is 1. The van der Waals surface area contributed by atoms with E-state index in [1.807, 2.05) is 26.8 Å². The molecule has 1 aliphatic rings. The fourth-order valence-corrected chi connectivity index (χ4v) is 3.74. The van der Waals surface area contributed by atoms with Gasteiger partial charge in [0.15, 0.2) is 6.61 Å². The van der Waals surface area contributed by atoms with Gasteiger partial charge in [0.25, 0.3) is 5.91 Å². The number of esters is 1. The van der Waals surface area contributed by atoms with E-state index in [1.54, 1.807) is 0 Å². The van der Waals surface area contributed by atoms with Gasteiger partial charge in [-0.2, -0.15) is 0 Å². The summed E-state index contributed by atoms with van der Waals surface area (Å²) in [7, 11) is 0. The highest BCUT2D eigenvalue weighted by Crippen LogP contribution is 2.29. The van der Waals surface area contributed by atoms with E-state index in [4.69, 9.17) is 4.74 Å². The third-order valence-corrected chi connectivity index (χ3v) is 5.50. The van der Waals surface area contributed by atoms with Gasteiger partial charge in [0.05, 0.1) is 5.56 Å². The molecule has 1 fully saturated rings. The third-order valence-electron chi connectivity index (χ3n) is 5.50. The summed E-state index contributed by atoms with van der Waals surface area (Å²) in [5, 5.41) is 3.03. The molecule has 1 aliphatic carbocycles. The first-order valence-corrected chi connectivity index (χ1v) is 8.98. The Morgan fingerprint density at radius 3 is 2.62 bits per heavy atom. The highest BCUT2D eigenvalue weighted by molar-refractivity contribution is 5.92. The zero-order valence-corrected chi connectivity index (χ0v) is 15.5. The van der Waals surface area contributed by atoms with Crippen molar-refractivity contribution in [2.45, 2.75) is 66.5 Å². The Hall–Kier alpha value is -1.78. The largest absolute Gasteiger partial charge is 0.452 e. The van der Waals surface area contributed by atoms with Crippen LogP contribution in [-0.2, 0) is 16.1 Å². The number of aromatic nitrogens is 1. The Morgan fingerprint density at radius 2 is 2.00 bits per heavy atom. The molecule has 5 nitrogen and oxygen atoms in total. The van der Waals surface area contributed by atoms with Gasteiger partial charge in [-0.15, -0.1) is 0 Å². The Kier molecular flexibility index (Phi) is 6.08. The molecule has 134 valence electrons. The smallest absolute Gasteiger partial charge is 0.340 e. The number of carbonyl (C=O) groups is 2. The summed E-state index contributed by atoms with van der Waals surface area (Å²) in [6.07, 6.45) is 3.36. The van der Waals surface area contributed by atoms with E-state index in [9.17, 15) is 9.59 Å². The summed E-state index contributed by atoms with van der Waals surface area (Å²) in [4.78, 5) is 24.4. The second-order valence-corrected chi connectivity index (χ2v) is 7.05. The maximum atomic E-state index is 12.2. The number of hydrogen-bond donors (Lipinski definition) is 1. The van der Waals surface area contributed by atoms with Gasteiger partial charge in [0.2, 0.25) is 0 Å². The van der Waals surface area contributed by atoms with Crippen LogP contribution in [-0.4, -0.2) is 29.1 Å². The first-order chi connectivity index (χ1) is 11.3. The predicted molar refractivity (Wildman–Crippen MR) is 94.0 cm³/mol. The molecule has 5 heteroatoms. The number of ether oxygens (including phenoxy) is 1. The highest BCUT2D eigenvalue weighted by atomic mass is 16.5. The molecule has 2 rings (SSSR count). The van der Waals surface area contributed by atoms with Crippen LogP contribution < -0.4 is 5.32 Å². The van der Waals surface area contributed by atoms with Crippen molar-refractivity contribution in [3.05, 3.63) is 23.0 Å². The minimum absolute atomic E-state index is 0.185. The number of rotatable bonds is 5. The van der Waals surface area contributed by atoms with Crippen LogP contribution in [0.15, 0.2) is 6.07 Å². The van der Waals surface area contributed by atoms with Gasteiger partial charge in [0.1, 0.15) is 0 Å². The lowest BCUT2D eigenvalue weighted by molar-refractivity contribution is -0.125. The van der Waals surface area contributed by atoms with Gasteiger partial charge in [-0.1, -0.05) is 26.7 Å². The Morgan fingerprint density at radius 1 is 1.29 bits per heavy atom. The van der Waals surface area contributed by atoms with Gasteiger partial charge in [0, 0.05) is 24.0 Å². The average molecular weight is 334 g/mol. The quantitative estimate of drug-likeness (QED) is 0.841. The van der Waals surface area contributed by atoms with Crippen LogP contribution in [0.4, 0.5) is 0 Å². The number of carbonyl (C=O) groups excluding carboxylic acids is 2. The van der Waals surface area contributed by atoms with E-state index in [-0.39, 0.29) is 18.6 Å². The molecule has 0 bridgehead atoms. The molecule has 3 atom stereocenters. The number of hydrogen-bond acceptors (Lipinski definition) is 3. The van der Waals surface area contributed by atoms with Crippen molar-refractivity contribution in [1.82, 2.24) is 9.88 Å². The summed E-state index contributed by atoms with van der Waals surface area (Å²) < 4.78 is 7.28. The van der Waals surface area contributed by atoms with Crippen LogP contribution in [0, 0.1) is 25.7 Å². The first-order valence-electron chi connectivity index (χ1n) is 8.98. The molecular weight excluding hydrogens is 304 g/mol. The van der Waals surface area contributed by atoms with E-state index >= 15 is 0 Å². The van der Waals surface area contributed by atoms with Crippen molar-refractivity contribution in [3.8, 4) is 0 Å². The fraction of sp³-hybridized carbons (Fsp3) is 0.684. The molecule has 1 N–H and O–H groups in total. The Bertz CT molecular complexity index is 606. The molecule has 0 radical (unpaired) electrons. The van der Waals surface area contributed by atoms with Crippen molar-refractivity contribution in [2.24, 2.45) is 11.8 Å². The number of aryl methyl sites for hydroxylation is 1. The van der Waals surface area contributed by atoms with Crippen molar-refractivity contribution >= 4 is 11.9 Å². The molecule has 0 aromatic carbocycles. The lowest BCUT2D eigenvalue weighted by Crippen LogP contribution is -2.45. The van der Waals surface area contributed by atoms with Crippen molar-refractivity contribution in [2.75, 3.05) is 6.61 Å². The minimum atomic E-state index is -0.428. The molecule has 1 amide bonds. The van der Waals surface area contributed by atoms with Crippen LogP contribution in [0.25, 0.3) is 0 Å². The van der Waals surface area contributed by atoms with Gasteiger partial charge < -0.3 is 14.6 Å². The lowest BCUT2D eigenvalue weighted by Gasteiger charge is -2.34. The predicted octanol–water partition coefficient (Wildman–Crippen LogP) is 3.22. The molecule has 0 saturated heterocycles. The second-order valence-electron chi connectivity index (χ2n) is 7.05. The van der Waals surface area contributed by atoms with Gasteiger partial charge in [-0.3, -0.25) is 4.79 Å². The molecule has 0 spiro atoms. The maximum Gasteiger partial charge on any atom is 0.340 e. The van der Waals surface area contributed by atoms with Crippen LogP contribution in [0.5, 0.6) is 0 Å². The van der Waals surface area contributed by atoms with Gasteiger partial charge in [-0.25, -0.2) is 4.79 Å². The molecule has 1 saturated carbocycles. The number of nitrogens with one attached hydrogen (secondary N) is 1. The van der Waals surface area contributed by atoms with Crippen LogP contribution >= 0.6 is 0 Å². The van der Waals surface area contributed by atoms with E-state index in [0.717, 1.165) is 30.8 Å². The highest BCUT2D eigenvalue weighted by Gasteiger charge is 2.28. The fourth-order valence-electron chi connectivity index (χ4n) is 3.74. The maximum absolute atomic E-state index is 12.2. The topological polar surface area (TPSA) is 60.3 Å². The van der Waals surface area contributed by atoms with E-state index < -0.39 is 5.97 Å². The Balaban J connectivity index is 1.88. The van der Waals surface area contributed by atoms with E-state index in [1.165, 1.54) is 6.42 Å². The molecule has 1 aromatic heterocycles. The van der Waals surface area contributed by atoms with Gasteiger partial charge in [-0.05, 0) is 45.1 Å². The standard InChI is InChI=1S/C19H30N2O3/c1-6-21-13(3)10-16(15(21)5)19(23)24-11-18(22)20-17-9-7-8-12(2)14(17)4/h10,12,14,17H,6-9,11H2,1-5H3,(H,20,22)/t12-,14+,17+/m1/s1. The summed E-state index contributed by atoms with van der Waals surface area (Å²) in [5.74, 6) is 0.439. The van der Waals surface area contributed by atoms with Crippen LogP contribution in [0.3, 0.4) is 0 Å². The lowest BCUT2D eigenvalue weighted by atomic mass is 9.78. The second kappa shape index (κ2) is 7.86. The SMILES string of the molecule is CCn1c(C)cc(C(=O)OCC(=O)N[C@H]2CCC[C@@H](C)[C@@H]2C)c1C. The molecule has 24 heavy (non-hydrogen) atoms. The summed E-state index contributed by atoms with van der Waals surface area (Å²) in [5.41, 5.74) is 2.45. The molecular formula is C19H30N2O3. The summed E-state index contributed by atoms with van der Waals surface area (Å²) in [6, 6.07) is 2.01. The molecule has 0 aliphatic heterocycles. The zero-order chi connectivity index (χ0) is 17.9. The third kappa shape index (κ3) is 4.00. The first kappa shape index (κ1) is 18.6. The van der Waals surface area contributed by atoms with Crippen molar-refractivity contribution in [3.63, 3.8) is 0 Å². The normalized spacial score (nSPS) is 23.8. The van der Waals surface area contributed by atoms with Crippen molar-refractivity contribution < 1.29 is 14.3 Å². The summed E-state index contributed by atoms with van der Waals surface area (Å²) >= 11 is 0. The van der Waals surface area contributed by atoms with E-state index in [0.29, 0.717) is 17.4 Å². The van der Waals surface area contributed by atoms with Gasteiger partial charge >= 0.3 is 5.97 Å². The molecule has 1 heterocycles. The van der Waals surface area contributed by atoms with Crippen LogP contribution in [0.2, 0.25) is 0 Å². The van der Waals surface area contributed by atoms with E-state index in [2.05, 4.69) is 23.7 Å². The van der Waals surface area contributed by atoms with Crippen LogP contribution in [0.1, 0.15) is 61.8 Å². The molecule has 1 aromatic rings. The zero-order valence-electron chi connectivity index (χ0n) is 15.5. The number of amides is 1. The monoisotopic (exact) mass is 334 g/mol. The molecule has 0 unspecified atom stereocenters. The minimum Gasteiger partial charge on any atom is -0.452 e. The average Bonchev–Trinajstić information content (AvgIpc) is 2.83.